The van der Waals surface area contributed by atoms with E-state index in [1.165, 1.54) is 14.0 Å². The molecular formula is C11H20N2O4S. The summed E-state index contributed by atoms with van der Waals surface area (Å²) in [6.45, 7) is 1.35. The van der Waals surface area contributed by atoms with E-state index in [4.69, 9.17) is 0 Å². The second kappa shape index (κ2) is 5.14. The van der Waals surface area contributed by atoms with Crippen molar-refractivity contribution in [2.75, 3.05) is 7.11 Å². The van der Waals surface area contributed by atoms with Crippen molar-refractivity contribution < 1.29 is 17.9 Å². The van der Waals surface area contributed by atoms with Crippen molar-refractivity contribution in [2.24, 2.45) is 0 Å². The quantitative estimate of drug-likeness (QED) is 0.692. The van der Waals surface area contributed by atoms with Crippen LogP contribution < -0.4 is 10.0 Å². The average molecular weight is 276 g/mol. The minimum absolute atomic E-state index is 0.0687. The van der Waals surface area contributed by atoms with Crippen LogP contribution >= 0.6 is 0 Å². The molecule has 18 heavy (non-hydrogen) atoms. The van der Waals surface area contributed by atoms with E-state index in [0.717, 1.165) is 25.7 Å². The van der Waals surface area contributed by atoms with Crippen molar-refractivity contribution in [3.8, 4) is 0 Å². The van der Waals surface area contributed by atoms with Gasteiger partial charge in [0.05, 0.1) is 7.11 Å². The number of nitrogens with one attached hydrogen (secondary N) is 2. The van der Waals surface area contributed by atoms with E-state index in [1.807, 2.05) is 0 Å². The predicted molar refractivity (Wildman–Crippen MR) is 66.5 cm³/mol. The van der Waals surface area contributed by atoms with E-state index in [1.54, 1.807) is 0 Å². The van der Waals surface area contributed by atoms with Crippen molar-refractivity contribution >= 4 is 16.0 Å². The number of rotatable bonds is 4. The molecule has 0 radical (unpaired) electrons. The molecule has 104 valence electrons. The zero-order chi connectivity index (χ0) is 13.3. The maximum atomic E-state index is 12.0. The highest BCUT2D eigenvalue weighted by atomic mass is 32.2. The van der Waals surface area contributed by atoms with E-state index in [0.29, 0.717) is 12.1 Å². The number of hydrogen-bond donors (Lipinski definition) is 2. The number of carbonyl (C=O) groups excluding carboxylic acids is 1. The fourth-order valence-corrected chi connectivity index (χ4v) is 3.99. The molecule has 2 fully saturated rings. The number of esters is 1. The number of sulfonamides is 1. The van der Waals surface area contributed by atoms with Crippen molar-refractivity contribution in [3.05, 3.63) is 0 Å². The van der Waals surface area contributed by atoms with Crippen LogP contribution in [0.3, 0.4) is 0 Å². The van der Waals surface area contributed by atoms with Gasteiger partial charge in [0.25, 0.3) is 0 Å². The van der Waals surface area contributed by atoms with Gasteiger partial charge < -0.3 is 10.1 Å². The Morgan fingerprint density at radius 2 is 1.89 bits per heavy atom. The molecule has 2 N–H and O–H groups in total. The normalized spacial score (nSPS) is 33.1. The molecular weight excluding hydrogens is 256 g/mol. The molecule has 2 bridgehead atoms. The van der Waals surface area contributed by atoms with Gasteiger partial charge in [0, 0.05) is 18.1 Å². The molecule has 2 saturated heterocycles. The lowest BCUT2D eigenvalue weighted by molar-refractivity contribution is -0.139. The van der Waals surface area contributed by atoms with E-state index in [9.17, 15) is 13.2 Å². The van der Waals surface area contributed by atoms with E-state index < -0.39 is 21.2 Å². The van der Waals surface area contributed by atoms with Gasteiger partial charge in [-0.1, -0.05) is 0 Å². The van der Waals surface area contributed by atoms with Crippen LogP contribution in [0.4, 0.5) is 0 Å². The second-order valence-corrected chi connectivity index (χ2v) is 7.17. The summed E-state index contributed by atoms with van der Waals surface area (Å²) in [5.74, 6) is -0.723. The van der Waals surface area contributed by atoms with Crippen LogP contribution in [-0.4, -0.2) is 44.9 Å². The highest BCUT2D eigenvalue weighted by Gasteiger charge is 2.37. The Morgan fingerprint density at radius 3 is 2.39 bits per heavy atom. The zero-order valence-corrected chi connectivity index (χ0v) is 11.5. The second-order valence-electron chi connectivity index (χ2n) is 5.13. The first-order valence-electron chi connectivity index (χ1n) is 6.27. The van der Waals surface area contributed by atoms with Gasteiger partial charge in [0.15, 0.2) is 5.25 Å². The highest BCUT2D eigenvalue weighted by molar-refractivity contribution is 7.90. The Hall–Kier alpha value is -0.660. The molecule has 2 rings (SSSR count). The number of fused-ring (bicyclic) bond motifs is 2. The number of methoxy groups -OCH3 is 1. The van der Waals surface area contributed by atoms with Crippen molar-refractivity contribution in [3.63, 3.8) is 0 Å². The fourth-order valence-electron chi connectivity index (χ4n) is 2.78. The predicted octanol–water partition coefficient (Wildman–Crippen LogP) is -0.250. The Balaban J connectivity index is 1.98. The van der Waals surface area contributed by atoms with Crippen LogP contribution in [0.5, 0.6) is 0 Å². The number of hydrogen-bond acceptors (Lipinski definition) is 5. The number of piperidine rings is 1. The van der Waals surface area contributed by atoms with Crippen LogP contribution in [0.2, 0.25) is 0 Å². The summed E-state index contributed by atoms with van der Waals surface area (Å²) >= 11 is 0. The number of ether oxygens (including phenoxy) is 1. The molecule has 3 unspecified atom stereocenters. The van der Waals surface area contributed by atoms with Gasteiger partial charge in [0.2, 0.25) is 10.0 Å². The Bertz CT molecular complexity index is 411. The van der Waals surface area contributed by atoms with E-state index in [-0.39, 0.29) is 6.04 Å². The molecule has 7 heteroatoms. The molecule has 0 aliphatic carbocycles. The molecule has 3 atom stereocenters. The van der Waals surface area contributed by atoms with E-state index >= 15 is 0 Å². The van der Waals surface area contributed by atoms with Crippen LogP contribution in [0.25, 0.3) is 0 Å². The molecule has 0 amide bonds. The summed E-state index contributed by atoms with van der Waals surface area (Å²) < 4.78 is 31.1. The van der Waals surface area contributed by atoms with Crippen molar-refractivity contribution in [2.45, 2.75) is 56.0 Å². The Morgan fingerprint density at radius 1 is 1.33 bits per heavy atom. The van der Waals surface area contributed by atoms with Crippen LogP contribution in [0.15, 0.2) is 0 Å². The van der Waals surface area contributed by atoms with Crippen LogP contribution in [0.1, 0.15) is 32.6 Å². The lowest BCUT2D eigenvalue weighted by atomic mass is 10.0. The van der Waals surface area contributed by atoms with Gasteiger partial charge in [-0.3, -0.25) is 4.79 Å². The maximum Gasteiger partial charge on any atom is 0.325 e. The monoisotopic (exact) mass is 276 g/mol. The molecule has 2 aliphatic heterocycles. The van der Waals surface area contributed by atoms with Gasteiger partial charge in [-0.05, 0) is 32.6 Å². The summed E-state index contributed by atoms with van der Waals surface area (Å²) in [4.78, 5) is 11.3. The van der Waals surface area contributed by atoms with Gasteiger partial charge in [-0.2, -0.15) is 0 Å². The van der Waals surface area contributed by atoms with Gasteiger partial charge >= 0.3 is 5.97 Å². The third kappa shape index (κ3) is 2.84. The first-order valence-corrected chi connectivity index (χ1v) is 7.82. The largest absolute Gasteiger partial charge is 0.468 e. The van der Waals surface area contributed by atoms with Crippen molar-refractivity contribution in [1.29, 1.82) is 0 Å². The van der Waals surface area contributed by atoms with Crippen LogP contribution in [-0.2, 0) is 19.6 Å². The molecule has 0 spiro atoms. The smallest absolute Gasteiger partial charge is 0.325 e. The molecule has 0 saturated carbocycles. The first-order chi connectivity index (χ1) is 8.42. The summed E-state index contributed by atoms with van der Waals surface area (Å²) in [7, 11) is -2.45. The van der Waals surface area contributed by atoms with Crippen molar-refractivity contribution in [1.82, 2.24) is 10.0 Å². The molecule has 6 nitrogen and oxygen atoms in total. The lowest BCUT2D eigenvalue weighted by Gasteiger charge is -2.30. The lowest BCUT2D eigenvalue weighted by Crippen LogP contribution is -2.50. The zero-order valence-electron chi connectivity index (χ0n) is 10.7. The summed E-state index contributed by atoms with van der Waals surface area (Å²) in [6, 6.07) is 0.746. The number of carbonyl (C=O) groups is 1. The molecule has 0 aromatic heterocycles. The Labute approximate surface area is 108 Å². The minimum atomic E-state index is -3.64. The van der Waals surface area contributed by atoms with Gasteiger partial charge in [-0.25, -0.2) is 13.1 Å². The molecule has 2 heterocycles. The third-order valence-corrected chi connectivity index (χ3v) is 5.59. The Kier molecular flexibility index (Phi) is 3.93. The highest BCUT2D eigenvalue weighted by Crippen LogP contribution is 2.27. The molecule has 0 aromatic carbocycles. The summed E-state index contributed by atoms with van der Waals surface area (Å²) in [5.41, 5.74) is 0. The van der Waals surface area contributed by atoms with E-state index in [2.05, 4.69) is 14.8 Å². The fraction of sp³-hybridized carbons (Fsp3) is 0.909. The molecule has 0 aromatic rings. The topological polar surface area (TPSA) is 84.5 Å². The maximum absolute atomic E-state index is 12.0. The minimum Gasteiger partial charge on any atom is -0.468 e. The first kappa shape index (κ1) is 13.8. The molecule has 2 aliphatic rings. The summed E-state index contributed by atoms with van der Waals surface area (Å²) in [5, 5.41) is 2.29. The third-order valence-electron chi connectivity index (χ3n) is 3.80. The van der Waals surface area contributed by atoms with Crippen LogP contribution in [0, 0.1) is 0 Å². The SMILES string of the molecule is COC(=O)C(C)S(=O)(=O)NC1CC2CCC(C1)N2. The van der Waals surface area contributed by atoms with Gasteiger partial charge in [-0.15, -0.1) is 0 Å². The summed E-state index contributed by atoms with van der Waals surface area (Å²) in [6.07, 6.45) is 3.80. The average Bonchev–Trinajstić information content (AvgIpc) is 2.66. The standard InChI is InChI=1S/C11H20N2O4S/c1-7(11(14)17-2)18(15,16)13-10-5-8-3-4-9(6-10)12-8/h7-10,12-13H,3-6H2,1-2H3. The van der Waals surface area contributed by atoms with Gasteiger partial charge in [0.1, 0.15) is 0 Å².